The minimum atomic E-state index is -0.556. The van der Waals surface area contributed by atoms with E-state index < -0.39 is 16.7 Å². The van der Waals surface area contributed by atoms with Crippen LogP contribution in [0.3, 0.4) is 0 Å². The van der Waals surface area contributed by atoms with E-state index in [1.54, 1.807) is 0 Å². The van der Waals surface area contributed by atoms with Gasteiger partial charge in [-0.15, -0.1) is 0 Å². The van der Waals surface area contributed by atoms with Crippen molar-refractivity contribution < 1.29 is 0 Å². The summed E-state index contributed by atoms with van der Waals surface area (Å²) in [5, 5.41) is 0. The molecule has 0 aliphatic rings. The first-order valence-electron chi connectivity index (χ1n) is 6.68. The van der Waals surface area contributed by atoms with Crippen LogP contribution in [0.25, 0.3) is 11.2 Å². The second-order valence-electron chi connectivity index (χ2n) is 5.66. The molecule has 0 spiro atoms. The van der Waals surface area contributed by atoms with Crippen molar-refractivity contribution in [2.75, 3.05) is 0 Å². The SMILES string of the molecule is Cc1ccccc1C(C)(C)c1nc2[nH]c(=O)[nH]c(=O)c2[nH]1. The van der Waals surface area contributed by atoms with Crippen LogP contribution < -0.4 is 11.2 Å². The van der Waals surface area contributed by atoms with E-state index in [4.69, 9.17) is 0 Å². The molecule has 0 atom stereocenters. The summed E-state index contributed by atoms with van der Waals surface area (Å²) in [5.74, 6) is 0.638. The zero-order chi connectivity index (χ0) is 15.2. The maximum Gasteiger partial charge on any atom is 0.327 e. The van der Waals surface area contributed by atoms with Crippen molar-refractivity contribution in [3.8, 4) is 0 Å². The average molecular weight is 284 g/mol. The number of hydrogen-bond donors (Lipinski definition) is 3. The van der Waals surface area contributed by atoms with Gasteiger partial charge in [-0.25, -0.2) is 9.78 Å². The Balaban J connectivity index is 2.24. The zero-order valence-electron chi connectivity index (χ0n) is 12.1. The second kappa shape index (κ2) is 4.44. The van der Waals surface area contributed by atoms with Gasteiger partial charge < -0.3 is 4.98 Å². The van der Waals surface area contributed by atoms with Gasteiger partial charge in [-0.2, -0.15) is 0 Å². The normalized spacial score (nSPS) is 12.0. The van der Waals surface area contributed by atoms with Crippen molar-refractivity contribution in [2.45, 2.75) is 26.2 Å². The summed E-state index contributed by atoms with van der Waals surface area (Å²) < 4.78 is 0. The lowest BCUT2D eigenvalue weighted by molar-refractivity contribution is 0.597. The van der Waals surface area contributed by atoms with Crippen molar-refractivity contribution in [3.63, 3.8) is 0 Å². The Morgan fingerprint density at radius 3 is 2.48 bits per heavy atom. The summed E-state index contributed by atoms with van der Waals surface area (Å²) >= 11 is 0. The van der Waals surface area contributed by atoms with Crippen LogP contribution in [0, 0.1) is 6.92 Å². The van der Waals surface area contributed by atoms with Gasteiger partial charge in [0.15, 0.2) is 5.65 Å². The molecule has 0 radical (unpaired) electrons. The quantitative estimate of drug-likeness (QED) is 0.666. The summed E-state index contributed by atoms with van der Waals surface area (Å²) in [6, 6.07) is 8.03. The number of nitrogens with zero attached hydrogens (tertiary/aromatic N) is 1. The van der Waals surface area contributed by atoms with E-state index in [2.05, 4.69) is 19.9 Å². The topological polar surface area (TPSA) is 94.4 Å². The minimum Gasteiger partial charge on any atom is -0.335 e. The highest BCUT2D eigenvalue weighted by molar-refractivity contribution is 5.69. The Hall–Kier alpha value is -2.63. The van der Waals surface area contributed by atoms with Gasteiger partial charge in [-0.1, -0.05) is 24.3 Å². The molecule has 2 aromatic heterocycles. The summed E-state index contributed by atoms with van der Waals surface area (Å²) in [6.07, 6.45) is 0. The summed E-state index contributed by atoms with van der Waals surface area (Å²) in [5.41, 5.74) is 1.39. The molecule has 1 aromatic carbocycles. The lowest BCUT2D eigenvalue weighted by Crippen LogP contribution is -2.22. The third-order valence-electron chi connectivity index (χ3n) is 3.80. The molecule has 2 heterocycles. The van der Waals surface area contributed by atoms with Crippen LogP contribution in [0.5, 0.6) is 0 Å². The number of aromatic nitrogens is 4. The number of aryl methyl sites for hydroxylation is 1. The van der Waals surface area contributed by atoms with Gasteiger partial charge in [0, 0.05) is 5.41 Å². The van der Waals surface area contributed by atoms with Crippen molar-refractivity contribution in [1.29, 1.82) is 0 Å². The van der Waals surface area contributed by atoms with Crippen molar-refractivity contribution in [1.82, 2.24) is 19.9 Å². The number of nitrogens with one attached hydrogen (secondary N) is 3. The molecule has 3 N–H and O–H groups in total. The van der Waals surface area contributed by atoms with Gasteiger partial charge >= 0.3 is 5.69 Å². The Labute approximate surface area is 120 Å². The molecular formula is C15H16N4O2. The van der Waals surface area contributed by atoms with Crippen LogP contribution in [-0.2, 0) is 5.41 Å². The average Bonchev–Trinajstić information content (AvgIpc) is 2.84. The molecule has 3 aromatic rings. The van der Waals surface area contributed by atoms with E-state index in [9.17, 15) is 9.59 Å². The third-order valence-corrected chi connectivity index (χ3v) is 3.80. The van der Waals surface area contributed by atoms with E-state index in [1.165, 1.54) is 0 Å². The van der Waals surface area contributed by atoms with Gasteiger partial charge in [0.05, 0.1) is 0 Å². The molecule has 6 nitrogen and oxygen atoms in total. The number of aromatic amines is 3. The predicted molar refractivity (Wildman–Crippen MR) is 80.6 cm³/mol. The highest BCUT2D eigenvalue weighted by Gasteiger charge is 2.28. The van der Waals surface area contributed by atoms with Gasteiger partial charge in [-0.05, 0) is 31.9 Å². The van der Waals surface area contributed by atoms with Gasteiger partial charge in [-0.3, -0.25) is 14.8 Å². The molecule has 0 saturated carbocycles. The smallest absolute Gasteiger partial charge is 0.327 e. The maximum atomic E-state index is 11.8. The summed E-state index contributed by atoms with van der Waals surface area (Å²) in [4.78, 5) is 35.3. The van der Waals surface area contributed by atoms with Crippen LogP contribution in [0.4, 0.5) is 0 Å². The molecule has 3 rings (SSSR count). The molecule has 21 heavy (non-hydrogen) atoms. The predicted octanol–water partition coefficient (Wildman–Crippen LogP) is 1.57. The molecule has 6 heteroatoms. The molecule has 0 unspecified atom stereocenters. The standard InChI is InChI=1S/C15H16N4O2/c1-8-6-4-5-7-9(8)15(2,3)13-16-10-11(17-13)18-14(21)19-12(10)20/h4-7H,1-3H3,(H3,16,17,18,19,20,21). The Kier molecular flexibility index (Phi) is 2.83. The molecule has 0 bridgehead atoms. The molecule has 0 amide bonds. The van der Waals surface area contributed by atoms with E-state index >= 15 is 0 Å². The first-order chi connectivity index (χ1) is 9.89. The van der Waals surface area contributed by atoms with Crippen LogP contribution >= 0.6 is 0 Å². The highest BCUT2D eigenvalue weighted by Crippen LogP contribution is 2.31. The molecule has 0 saturated heterocycles. The number of imidazole rings is 1. The Morgan fingerprint density at radius 1 is 1.05 bits per heavy atom. The second-order valence-corrected chi connectivity index (χ2v) is 5.66. The minimum absolute atomic E-state index is 0.278. The Morgan fingerprint density at radius 2 is 1.76 bits per heavy atom. The van der Waals surface area contributed by atoms with E-state index in [0.29, 0.717) is 5.82 Å². The zero-order valence-corrected chi connectivity index (χ0v) is 12.1. The third kappa shape index (κ3) is 2.08. The molecular weight excluding hydrogens is 268 g/mol. The van der Waals surface area contributed by atoms with E-state index in [-0.39, 0.29) is 11.2 Å². The number of H-pyrrole nitrogens is 3. The maximum absolute atomic E-state index is 11.8. The first kappa shape index (κ1) is 13.4. The molecule has 0 fully saturated rings. The van der Waals surface area contributed by atoms with Crippen LogP contribution in [0.2, 0.25) is 0 Å². The summed E-state index contributed by atoms with van der Waals surface area (Å²) in [7, 11) is 0. The fourth-order valence-electron chi connectivity index (χ4n) is 2.63. The van der Waals surface area contributed by atoms with Crippen LogP contribution in [-0.4, -0.2) is 19.9 Å². The largest absolute Gasteiger partial charge is 0.335 e. The first-order valence-corrected chi connectivity index (χ1v) is 6.68. The Bertz CT molecular complexity index is 930. The number of fused-ring (bicyclic) bond motifs is 1. The fraction of sp³-hybridized carbons (Fsp3) is 0.267. The van der Waals surface area contributed by atoms with E-state index in [1.807, 2.05) is 45.0 Å². The van der Waals surface area contributed by atoms with Crippen molar-refractivity contribution in [3.05, 3.63) is 62.1 Å². The number of benzene rings is 1. The van der Waals surface area contributed by atoms with Gasteiger partial charge in [0.2, 0.25) is 0 Å². The summed E-state index contributed by atoms with van der Waals surface area (Å²) in [6.45, 7) is 6.09. The van der Waals surface area contributed by atoms with Gasteiger partial charge in [0.1, 0.15) is 11.3 Å². The lowest BCUT2D eigenvalue weighted by atomic mass is 9.81. The lowest BCUT2D eigenvalue weighted by Gasteiger charge is -2.24. The number of rotatable bonds is 2. The number of hydrogen-bond acceptors (Lipinski definition) is 3. The molecule has 108 valence electrons. The van der Waals surface area contributed by atoms with Gasteiger partial charge in [0.25, 0.3) is 5.56 Å². The van der Waals surface area contributed by atoms with E-state index in [0.717, 1.165) is 11.1 Å². The molecule has 0 aliphatic carbocycles. The monoisotopic (exact) mass is 284 g/mol. The molecule has 0 aliphatic heterocycles. The highest BCUT2D eigenvalue weighted by atomic mass is 16.2. The fourth-order valence-corrected chi connectivity index (χ4v) is 2.63. The van der Waals surface area contributed by atoms with Crippen LogP contribution in [0.15, 0.2) is 33.9 Å². The van der Waals surface area contributed by atoms with Crippen molar-refractivity contribution >= 4 is 11.2 Å². The van der Waals surface area contributed by atoms with Crippen molar-refractivity contribution in [2.24, 2.45) is 0 Å². The van der Waals surface area contributed by atoms with Crippen LogP contribution in [0.1, 0.15) is 30.8 Å².